The van der Waals surface area contributed by atoms with E-state index in [4.69, 9.17) is 11.0 Å². The van der Waals surface area contributed by atoms with E-state index in [1.165, 1.54) is 0 Å². The molecule has 1 aliphatic rings. The van der Waals surface area contributed by atoms with Gasteiger partial charge < -0.3 is 20.9 Å². The topological polar surface area (TPSA) is 138 Å². The van der Waals surface area contributed by atoms with Gasteiger partial charge in [0.1, 0.15) is 17.5 Å². The van der Waals surface area contributed by atoms with Crippen molar-refractivity contribution in [2.24, 2.45) is 4.99 Å². The summed E-state index contributed by atoms with van der Waals surface area (Å²) >= 11 is 0. The first-order valence-corrected chi connectivity index (χ1v) is 6.00. The van der Waals surface area contributed by atoms with Gasteiger partial charge in [0.05, 0.1) is 0 Å². The van der Waals surface area contributed by atoms with Gasteiger partial charge >= 0.3 is 51.4 Å². The second-order valence-corrected chi connectivity index (χ2v) is 4.56. The van der Waals surface area contributed by atoms with E-state index in [-0.39, 0.29) is 79.5 Å². The zero-order valence-electron chi connectivity index (χ0n) is 11.6. The summed E-state index contributed by atoms with van der Waals surface area (Å²) in [6, 6.07) is 9.81. The Kier molecular flexibility index (Phi) is 4.58. The number of aromatic amines is 1. The van der Waals surface area contributed by atoms with Crippen molar-refractivity contribution < 1.29 is 61.6 Å². The Hall–Kier alpha value is -1.47. The van der Waals surface area contributed by atoms with Crippen LogP contribution in [-0.4, -0.2) is 16.0 Å². The molecule has 22 heavy (non-hydrogen) atoms. The van der Waals surface area contributed by atoms with Crippen LogP contribution in [0.3, 0.4) is 0 Å². The van der Waals surface area contributed by atoms with Crippen LogP contribution in [0.2, 0.25) is 0 Å². The summed E-state index contributed by atoms with van der Waals surface area (Å²) < 4.78 is 0. The first kappa shape index (κ1) is 16.9. The normalized spacial score (nSPS) is 18.8. The number of nitrogens with zero attached hydrogens (tertiary/aromatic N) is 2. The van der Waals surface area contributed by atoms with E-state index < -0.39 is 17.2 Å². The average molecular weight is 320 g/mol. The number of hydrogen-bond acceptors (Lipinski definition) is 6. The van der Waals surface area contributed by atoms with Gasteiger partial charge in [-0.25, -0.2) is 0 Å². The van der Waals surface area contributed by atoms with Gasteiger partial charge in [0.15, 0.2) is 0 Å². The van der Waals surface area contributed by atoms with Crippen molar-refractivity contribution in [1.82, 2.24) is 4.98 Å². The number of fused-ring (bicyclic) bond motifs is 1. The largest absolute Gasteiger partial charge is 1.00 e. The standard InChI is InChI=1S/C14H10N4O3.K/c15-6-8-10-9(11(16)17-12(8)19)13(20)18-14(10,21)7-4-2-1-3-5-7;/h1-5,21H,(H,18,20)(H3,16,17,19);/q;+1/p-1. The van der Waals surface area contributed by atoms with Crippen molar-refractivity contribution in [3.8, 4) is 6.07 Å². The van der Waals surface area contributed by atoms with Gasteiger partial charge in [0.2, 0.25) is 5.72 Å². The molecule has 2 aromatic rings. The maximum absolute atomic E-state index is 12.0. The van der Waals surface area contributed by atoms with Gasteiger partial charge in [-0.15, -0.1) is 0 Å². The quantitative estimate of drug-likeness (QED) is 0.462. The van der Waals surface area contributed by atoms with Crippen LogP contribution in [0.5, 0.6) is 0 Å². The van der Waals surface area contributed by atoms with Crippen molar-refractivity contribution in [1.29, 1.82) is 5.26 Å². The van der Waals surface area contributed by atoms with Gasteiger partial charge in [-0.2, -0.15) is 5.26 Å². The Morgan fingerprint density at radius 2 is 2.00 bits per heavy atom. The number of anilines is 1. The average Bonchev–Trinajstić information content (AvgIpc) is 2.74. The molecule has 104 valence electrons. The molecule has 0 saturated carbocycles. The molecule has 0 saturated heterocycles. The maximum atomic E-state index is 12.0. The van der Waals surface area contributed by atoms with Gasteiger partial charge in [-0.1, -0.05) is 30.3 Å². The molecular weight excluding hydrogens is 311 g/mol. The molecule has 1 aromatic carbocycles. The third kappa shape index (κ3) is 2.32. The minimum absolute atomic E-state index is 0. The van der Waals surface area contributed by atoms with Gasteiger partial charge in [0.25, 0.3) is 5.56 Å². The number of nitriles is 1. The summed E-state index contributed by atoms with van der Waals surface area (Å²) in [6.07, 6.45) is 0. The summed E-state index contributed by atoms with van der Waals surface area (Å²) in [5, 5.41) is 32.0. The SMILES string of the molecule is N#Cc1c2c(c(N)[nH]c1=O)C([O-])=NC2(O)c1ccccc1.[K+]. The number of aliphatic imine (C=N–C) groups is 1. The molecule has 1 unspecified atom stereocenters. The smallest absolute Gasteiger partial charge is 0.858 e. The summed E-state index contributed by atoms with van der Waals surface area (Å²) in [7, 11) is 0. The van der Waals surface area contributed by atoms with E-state index in [0.717, 1.165) is 0 Å². The molecule has 1 atom stereocenters. The Balaban J connectivity index is 0.00000176. The van der Waals surface area contributed by atoms with Crippen molar-refractivity contribution in [2.75, 3.05) is 5.73 Å². The van der Waals surface area contributed by atoms with E-state index in [1.807, 2.05) is 0 Å². The summed E-state index contributed by atoms with van der Waals surface area (Å²) in [4.78, 5) is 17.7. The van der Waals surface area contributed by atoms with Crippen LogP contribution >= 0.6 is 0 Å². The number of rotatable bonds is 1. The molecule has 1 aromatic heterocycles. The van der Waals surface area contributed by atoms with Crippen LogP contribution in [0.15, 0.2) is 40.1 Å². The number of aliphatic hydroxyl groups is 1. The van der Waals surface area contributed by atoms with Crippen LogP contribution in [-0.2, 0) is 5.72 Å². The Labute approximate surface area is 167 Å². The number of pyridine rings is 1. The number of benzene rings is 1. The summed E-state index contributed by atoms with van der Waals surface area (Å²) in [6.45, 7) is 0. The number of nitrogen functional groups attached to an aromatic ring is 1. The summed E-state index contributed by atoms with van der Waals surface area (Å²) in [5.74, 6) is -0.990. The number of nitrogens with two attached hydrogens (primary N) is 1. The van der Waals surface area contributed by atoms with E-state index in [2.05, 4.69) is 9.98 Å². The zero-order valence-corrected chi connectivity index (χ0v) is 14.7. The van der Waals surface area contributed by atoms with Crippen molar-refractivity contribution in [3.63, 3.8) is 0 Å². The minimum atomic E-state index is -2.08. The molecule has 3 rings (SSSR count). The summed E-state index contributed by atoms with van der Waals surface area (Å²) in [5.41, 5.74) is 2.37. The molecule has 2 heterocycles. The molecule has 1 aliphatic heterocycles. The molecule has 0 bridgehead atoms. The van der Waals surface area contributed by atoms with Crippen LogP contribution < -0.4 is 67.8 Å². The predicted molar refractivity (Wildman–Crippen MR) is 72.2 cm³/mol. The zero-order chi connectivity index (χ0) is 15.2. The van der Waals surface area contributed by atoms with Crippen molar-refractivity contribution in [2.45, 2.75) is 5.72 Å². The van der Waals surface area contributed by atoms with Gasteiger partial charge in [-0.3, -0.25) is 9.79 Å². The molecule has 7 nitrogen and oxygen atoms in total. The Morgan fingerprint density at radius 1 is 1.36 bits per heavy atom. The molecule has 0 spiro atoms. The second kappa shape index (κ2) is 5.96. The first-order valence-electron chi connectivity index (χ1n) is 6.00. The van der Waals surface area contributed by atoms with E-state index >= 15 is 0 Å². The predicted octanol–water partition coefficient (Wildman–Crippen LogP) is -3.85. The van der Waals surface area contributed by atoms with E-state index in [9.17, 15) is 15.0 Å². The Morgan fingerprint density at radius 3 is 2.59 bits per heavy atom. The molecule has 0 aliphatic carbocycles. The van der Waals surface area contributed by atoms with Gasteiger partial charge in [0, 0.05) is 16.7 Å². The number of nitrogens with one attached hydrogen (secondary N) is 1. The molecule has 0 radical (unpaired) electrons. The fraction of sp³-hybridized carbons (Fsp3) is 0.0714. The molecular formula is C14H9KN4O3. The number of aromatic nitrogens is 1. The minimum Gasteiger partial charge on any atom is -0.858 e. The van der Waals surface area contributed by atoms with Crippen LogP contribution in [0.1, 0.15) is 22.3 Å². The fourth-order valence-electron chi connectivity index (χ4n) is 2.44. The molecule has 0 fully saturated rings. The molecule has 4 N–H and O–H groups in total. The van der Waals surface area contributed by atoms with E-state index in [0.29, 0.717) is 0 Å². The van der Waals surface area contributed by atoms with Crippen LogP contribution in [0, 0.1) is 11.3 Å². The van der Waals surface area contributed by atoms with Crippen LogP contribution in [0.4, 0.5) is 5.82 Å². The Bertz CT molecular complexity index is 870. The third-order valence-corrected chi connectivity index (χ3v) is 3.36. The van der Waals surface area contributed by atoms with Crippen molar-refractivity contribution >= 4 is 11.7 Å². The van der Waals surface area contributed by atoms with Crippen molar-refractivity contribution in [3.05, 3.63) is 62.9 Å². The third-order valence-electron chi connectivity index (χ3n) is 3.36. The first-order chi connectivity index (χ1) is 9.99. The van der Waals surface area contributed by atoms with E-state index in [1.54, 1.807) is 36.4 Å². The maximum Gasteiger partial charge on any atom is 1.00 e. The second-order valence-electron chi connectivity index (χ2n) is 4.56. The molecule has 0 amide bonds. The van der Waals surface area contributed by atoms with Gasteiger partial charge in [-0.05, 0) is 5.90 Å². The monoisotopic (exact) mass is 320 g/mol. The number of hydrogen-bond donors (Lipinski definition) is 3. The molecule has 8 heteroatoms. The van der Waals surface area contributed by atoms with Crippen LogP contribution in [0.25, 0.3) is 0 Å². The number of H-pyrrole nitrogens is 1. The fourth-order valence-corrected chi connectivity index (χ4v) is 2.44.